The van der Waals surface area contributed by atoms with E-state index in [2.05, 4.69) is 17.0 Å². The third-order valence-corrected chi connectivity index (χ3v) is 1.74. The molecule has 2 amide bonds. The molecule has 1 N–H and O–H groups in total. The molecule has 4 nitrogen and oxygen atoms in total. The van der Waals surface area contributed by atoms with Gasteiger partial charge in [0.2, 0.25) is 0 Å². The Kier molecular flexibility index (Phi) is 1.52. The Morgan fingerprint density at radius 1 is 1.67 bits per heavy atom. The molecule has 9 heavy (non-hydrogen) atoms. The maximum atomic E-state index is 10.5. The van der Waals surface area contributed by atoms with E-state index < -0.39 is 5.37 Å². The van der Waals surface area contributed by atoms with Gasteiger partial charge in [-0.05, 0) is 18.5 Å². The fourth-order valence-corrected chi connectivity index (χ4v) is 1.07. The van der Waals surface area contributed by atoms with Crippen molar-refractivity contribution in [3.8, 4) is 0 Å². The molecule has 1 unspecified atom stereocenters. The van der Waals surface area contributed by atoms with Gasteiger partial charge in [0, 0.05) is 0 Å². The SMILES string of the molecule is C=NC1SC(=O)NC1=O. The van der Waals surface area contributed by atoms with Crippen LogP contribution in [0.1, 0.15) is 0 Å². The maximum absolute atomic E-state index is 10.5. The molecule has 0 aromatic rings. The molecule has 1 fully saturated rings. The van der Waals surface area contributed by atoms with Crippen LogP contribution in [0.2, 0.25) is 0 Å². The van der Waals surface area contributed by atoms with Crippen LogP contribution in [0.3, 0.4) is 0 Å². The summed E-state index contributed by atoms with van der Waals surface area (Å²) in [4.78, 5) is 24.3. The number of hydrogen-bond donors (Lipinski definition) is 1. The molecular weight excluding hydrogens is 140 g/mol. The Bertz CT molecular complexity index is 179. The summed E-state index contributed by atoms with van der Waals surface area (Å²) < 4.78 is 0. The Labute approximate surface area is 55.7 Å². The lowest BCUT2D eigenvalue weighted by molar-refractivity contribution is -0.118. The third kappa shape index (κ3) is 1.10. The first-order chi connectivity index (χ1) is 4.24. The number of amides is 2. The van der Waals surface area contributed by atoms with Crippen molar-refractivity contribution in [2.75, 3.05) is 0 Å². The minimum absolute atomic E-state index is 0.350. The van der Waals surface area contributed by atoms with Gasteiger partial charge in [0.25, 0.3) is 11.1 Å². The van der Waals surface area contributed by atoms with Crippen LogP contribution in [0.4, 0.5) is 4.79 Å². The molecule has 0 aromatic carbocycles. The van der Waals surface area contributed by atoms with Crippen LogP contribution in [-0.2, 0) is 4.79 Å². The molecule has 0 saturated carbocycles. The van der Waals surface area contributed by atoms with Crippen LogP contribution >= 0.6 is 11.8 Å². The average Bonchev–Trinajstić information content (AvgIpc) is 2.10. The lowest BCUT2D eigenvalue weighted by Gasteiger charge is -1.90. The molecule has 1 rings (SSSR count). The standard InChI is InChI=1S/C4H4N2O2S/c1-5-3-2(7)6-4(8)9-3/h3H,1H2,(H,6,7,8). The van der Waals surface area contributed by atoms with Crippen molar-refractivity contribution in [1.82, 2.24) is 5.32 Å². The van der Waals surface area contributed by atoms with Crippen LogP contribution in [0.25, 0.3) is 0 Å². The molecule has 0 aromatic heterocycles. The lowest BCUT2D eigenvalue weighted by Crippen LogP contribution is -2.22. The van der Waals surface area contributed by atoms with E-state index in [0.29, 0.717) is 0 Å². The zero-order valence-electron chi connectivity index (χ0n) is 4.46. The predicted octanol–water partition coefficient (Wildman–Crippen LogP) is -0.00390. The molecule has 48 valence electrons. The molecule has 0 aliphatic carbocycles. The minimum Gasteiger partial charge on any atom is -0.284 e. The van der Waals surface area contributed by atoms with E-state index in [0.717, 1.165) is 11.8 Å². The van der Waals surface area contributed by atoms with Gasteiger partial charge in [0.15, 0.2) is 5.37 Å². The number of rotatable bonds is 1. The van der Waals surface area contributed by atoms with E-state index >= 15 is 0 Å². The highest BCUT2D eigenvalue weighted by Gasteiger charge is 2.29. The van der Waals surface area contributed by atoms with Crippen LogP contribution in [0.5, 0.6) is 0 Å². The highest BCUT2D eigenvalue weighted by Crippen LogP contribution is 2.18. The van der Waals surface area contributed by atoms with Gasteiger partial charge < -0.3 is 0 Å². The first kappa shape index (κ1) is 6.28. The molecule has 1 atom stereocenters. The van der Waals surface area contributed by atoms with Crippen molar-refractivity contribution in [1.29, 1.82) is 0 Å². The van der Waals surface area contributed by atoms with E-state index in [1.165, 1.54) is 0 Å². The Balaban J connectivity index is 2.68. The molecule has 1 aliphatic heterocycles. The zero-order chi connectivity index (χ0) is 6.85. The Hall–Kier alpha value is -0.840. The van der Waals surface area contributed by atoms with Crippen LogP contribution in [0.15, 0.2) is 4.99 Å². The van der Waals surface area contributed by atoms with Crippen molar-refractivity contribution >= 4 is 29.6 Å². The summed E-state index contributed by atoms with van der Waals surface area (Å²) in [7, 11) is 0. The monoisotopic (exact) mass is 144 g/mol. The largest absolute Gasteiger partial charge is 0.288 e. The van der Waals surface area contributed by atoms with Gasteiger partial charge in [-0.2, -0.15) is 0 Å². The van der Waals surface area contributed by atoms with Crippen LogP contribution in [0, 0.1) is 0 Å². The molecule has 1 saturated heterocycles. The molecule has 1 aliphatic rings. The quantitative estimate of drug-likeness (QED) is 0.527. The number of nitrogens with zero attached hydrogens (tertiary/aromatic N) is 1. The Morgan fingerprint density at radius 2 is 2.33 bits per heavy atom. The van der Waals surface area contributed by atoms with E-state index in [1.54, 1.807) is 0 Å². The van der Waals surface area contributed by atoms with Gasteiger partial charge in [-0.1, -0.05) is 0 Å². The second-order valence-corrected chi connectivity index (χ2v) is 2.48. The number of carbonyl (C=O) groups excluding carboxylic acids is 2. The summed E-state index contributed by atoms with van der Waals surface area (Å²) in [6.45, 7) is 3.14. The van der Waals surface area contributed by atoms with Crippen molar-refractivity contribution < 1.29 is 9.59 Å². The summed E-state index contributed by atoms with van der Waals surface area (Å²) in [5.74, 6) is -0.375. The van der Waals surface area contributed by atoms with Gasteiger partial charge in [-0.15, -0.1) is 0 Å². The van der Waals surface area contributed by atoms with E-state index in [-0.39, 0.29) is 11.1 Å². The number of imide groups is 1. The average molecular weight is 144 g/mol. The topological polar surface area (TPSA) is 58.5 Å². The van der Waals surface area contributed by atoms with Crippen LogP contribution in [-0.4, -0.2) is 23.2 Å². The normalized spacial score (nSPS) is 26.0. The maximum Gasteiger partial charge on any atom is 0.288 e. The third-order valence-electron chi connectivity index (χ3n) is 0.834. The zero-order valence-corrected chi connectivity index (χ0v) is 5.27. The second-order valence-electron chi connectivity index (χ2n) is 1.43. The molecule has 0 spiro atoms. The minimum atomic E-state index is -0.627. The lowest BCUT2D eigenvalue weighted by atomic mass is 10.6. The molecule has 0 radical (unpaired) electrons. The van der Waals surface area contributed by atoms with Gasteiger partial charge in [-0.3, -0.25) is 19.9 Å². The fraction of sp³-hybridized carbons (Fsp3) is 0.250. The Morgan fingerprint density at radius 3 is 2.56 bits per heavy atom. The first-order valence-electron chi connectivity index (χ1n) is 2.21. The predicted molar refractivity (Wildman–Crippen MR) is 34.5 cm³/mol. The molecule has 0 bridgehead atoms. The van der Waals surface area contributed by atoms with Crippen molar-refractivity contribution in [2.24, 2.45) is 4.99 Å². The highest BCUT2D eigenvalue weighted by atomic mass is 32.2. The summed E-state index contributed by atoms with van der Waals surface area (Å²) in [6.07, 6.45) is 0. The smallest absolute Gasteiger partial charge is 0.284 e. The van der Waals surface area contributed by atoms with E-state index in [4.69, 9.17) is 0 Å². The second kappa shape index (κ2) is 2.18. The van der Waals surface area contributed by atoms with Crippen molar-refractivity contribution in [3.05, 3.63) is 0 Å². The molecule has 1 heterocycles. The van der Waals surface area contributed by atoms with Crippen LogP contribution < -0.4 is 5.32 Å². The number of carbonyl (C=O) groups is 2. The van der Waals surface area contributed by atoms with Crippen molar-refractivity contribution in [3.63, 3.8) is 0 Å². The highest BCUT2D eigenvalue weighted by molar-refractivity contribution is 8.15. The summed E-state index contributed by atoms with van der Waals surface area (Å²) in [5, 5.41) is 1.09. The van der Waals surface area contributed by atoms with E-state index in [1.807, 2.05) is 0 Å². The molecule has 5 heteroatoms. The van der Waals surface area contributed by atoms with E-state index in [9.17, 15) is 9.59 Å². The van der Waals surface area contributed by atoms with Gasteiger partial charge in [0.05, 0.1) is 0 Å². The molecular formula is C4H4N2O2S. The van der Waals surface area contributed by atoms with Gasteiger partial charge >= 0.3 is 0 Å². The number of thioether (sulfide) groups is 1. The van der Waals surface area contributed by atoms with Gasteiger partial charge in [-0.25, -0.2) is 0 Å². The summed E-state index contributed by atoms with van der Waals surface area (Å²) in [6, 6.07) is 0. The number of aliphatic imine (C=N–C) groups is 1. The first-order valence-corrected chi connectivity index (χ1v) is 3.09. The van der Waals surface area contributed by atoms with Gasteiger partial charge in [0.1, 0.15) is 0 Å². The van der Waals surface area contributed by atoms with Crippen molar-refractivity contribution in [2.45, 2.75) is 5.37 Å². The number of nitrogens with one attached hydrogen (secondary N) is 1. The fourth-order valence-electron chi connectivity index (χ4n) is 0.467. The number of hydrogen-bond acceptors (Lipinski definition) is 4. The summed E-state index contributed by atoms with van der Waals surface area (Å²) in [5.41, 5.74) is 0. The summed E-state index contributed by atoms with van der Waals surface area (Å²) >= 11 is 0.845.